The van der Waals surface area contributed by atoms with Crippen molar-refractivity contribution in [3.63, 3.8) is 0 Å². The first-order valence-corrected chi connectivity index (χ1v) is 16.2. The summed E-state index contributed by atoms with van der Waals surface area (Å²) in [6, 6.07) is 15.2. The predicted octanol–water partition coefficient (Wildman–Crippen LogP) is 7.05. The van der Waals surface area contributed by atoms with E-state index >= 15 is 0 Å². The van der Waals surface area contributed by atoms with Gasteiger partial charge in [-0.3, -0.25) is 4.79 Å². The fourth-order valence-corrected chi connectivity index (χ4v) is 6.95. The number of amides is 1. The third-order valence-electron chi connectivity index (χ3n) is 8.95. The van der Waals surface area contributed by atoms with Crippen LogP contribution >= 0.6 is 11.6 Å². The van der Waals surface area contributed by atoms with Gasteiger partial charge in [0, 0.05) is 35.7 Å². The highest BCUT2D eigenvalue weighted by molar-refractivity contribution is 6.36. The van der Waals surface area contributed by atoms with Crippen LogP contribution in [-0.2, 0) is 30.4 Å². The van der Waals surface area contributed by atoms with E-state index in [9.17, 15) is 18.0 Å². The number of anilines is 1. The second-order valence-corrected chi connectivity index (χ2v) is 12.3. The predicted molar refractivity (Wildman–Crippen MR) is 177 cm³/mol. The molecule has 2 atom stereocenters. The summed E-state index contributed by atoms with van der Waals surface area (Å²) in [6.45, 7) is -0.246. The Morgan fingerprint density at radius 3 is 2.42 bits per heavy atom. The van der Waals surface area contributed by atoms with Crippen LogP contribution in [0.5, 0.6) is 11.8 Å². The lowest BCUT2D eigenvalue weighted by molar-refractivity contribution is -0.140. The van der Waals surface area contributed by atoms with Gasteiger partial charge in [0.25, 0.3) is 0 Å². The number of aryl methyl sites for hydroxylation is 1. The first-order chi connectivity index (χ1) is 23.1. The molecule has 252 valence electrons. The maximum atomic E-state index is 14.0. The topological polar surface area (TPSA) is 124 Å². The molecule has 0 spiro atoms. The molecule has 13 heteroatoms. The fourth-order valence-electron chi connectivity index (χ4n) is 6.63. The Kier molecular flexibility index (Phi) is 9.75. The SMILES string of the molecule is COc1nc(-c2cccc(-c3cccc4c3CC[C@@H]4Nc3nc(OC)c(CN)nc3C(F)(F)F)c2Cl)ccc1CCC[C@@H]1CCC(=O)N1. The van der Waals surface area contributed by atoms with E-state index in [2.05, 4.69) is 20.6 Å². The van der Waals surface area contributed by atoms with E-state index in [0.717, 1.165) is 59.1 Å². The van der Waals surface area contributed by atoms with Gasteiger partial charge in [-0.25, -0.2) is 9.97 Å². The van der Waals surface area contributed by atoms with Crippen LogP contribution in [0.25, 0.3) is 22.4 Å². The third-order valence-corrected chi connectivity index (χ3v) is 9.36. The molecule has 2 aromatic carbocycles. The molecule has 3 heterocycles. The summed E-state index contributed by atoms with van der Waals surface area (Å²) >= 11 is 7.08. The van der Waals surface area contributed by atoms with Gasteiger partial charge < -0.3 is 25.8 Å². The van der Waals surface area contributed by atoms with Crippen molar-refractivity contribution in [1.29, 1.82) is 0 Å². The standard InChI is InChI=1S/C35H36ClF3N6O3/c1-47-33-19(6-3-7-20-13-17-29(46)41-20)12-15-27(44-33)25-11-5-10-24(30(25)36)21-8-4-9-23-22(21)14-16-26(23)43-32-31(35(37,38)39)42-28(18-40)34(45-32)48-2/h4-5,8-12,15,20,26H,3,6-7,13-14,16-18,40H2,1-2H3,(H,41,46)(H,43,45)/t20-,26+/m1/s1. The van der Waals surface area contributed by atoms with E-state index in [4.69, 9.17) is 31.8 Å². The van der Waals surface area contributed by atoms with Crippen LogP contribution in [0.3, 0.4) is 0 Å². The van der Waals surface area contributed by atoms with Gasteiger partial charge in [-0.15, -0.1) is 0 Å². The highest BCUT2D eigenvalue weighted by atomic mass is 35.5. The number of alkyl halides is 3. The monoisotopic (exact) mass is 680 g/mol. The van der Waals surface area contributed by atoms with Gasteiger partial charge >= 0.3 is 6.18 Å². The second kappa shape index (κ2) is 14.0. The van der Waals surface area contributed by atoms with Crippen LogP contribution < -0.4 is 25.8 Å². The van der Waals surface area contributed by atoms with E-state index in [1.807, 2.05) is 48.5 Å². The maximum Gasteiger partial charge on any atom is 0.437 e. The van der Waals surface area contributed by atoms with Gasteiger partial charge in [-0.1, -0.05) is 54.1 Å². The average molecular weight is 681 g/mol. The Labute approximate surface area is 281 Å². The van der Waals surface area contributed by atoms with Crippen LogP contribution in [0.15, 0.2) is 48.5 Å². The first kappa shape index (κ1) is 33.5. The van der Waals surface area contributed by atoms with Crippen LogP contribution in [0.4, 0.5) is 19.0 Å². The van der Waals surface area contributed by atoms with Gasteiger partial charge in [0.15, 0.2) is 11.5 Å². The zero-order valence-corrected chi connectivity index (χ0v) is 27.3. The van der Waals surface area contributed by atoms with Crippen molar-refractivity contribution in [3.05, 3.63) is 81.6 Å². The van der Waals surface area contributed by atoms with Gasteiger partial charge in [-0.2, -0.15) is 18.2 Å². The number of nitrogens with two attached hydrogens (primary N) is 1. The van der Waals surface area contributed by atoms with Crippen molar-refractivity contribution >= 4 is 23.3 Å². The van der Waals surface area contributed by atoms with Gasteiger partial charge in [0.2, 0.25) is 17.7 Å². The number of halogens is 4. The lowest BCUT2D eigenvalue weighted by Crippen LogP contribution is -2.25. The number of fused-ring (bicyclic) bond motifs is 1. The van der Waals surface area contributed by atoms with Gasteiger partial charge in [-0.05, 0) is 61.3 Å². The zero-order valence-electron chi connectivity index (χ0n) is 26.6. The van der Waals surface area contributed by atoms with Crippen molar-refractivity contribution in [2.45, 2.75) is 69.8 Å². The summed E-state index contributed by atoms with van der Waals surface area (Å²) < 4.78 is 52.9. The number of rotatable bonds is 11. The third kappa shape index (κ3) is 6.77. The van der Waals surface area contributed by atoms with E-state index in [1.165, 1.54) is 7.11 Å². The van der Waals surface area contributed by atoms with E-state index in [1.54, 1.807) is 7.11 Å². The number of hydrogen-bond acceptors (Lipinski definition) is 8. The molecule has 2 aliphatic rings. The molecule has 0 unspecified atom stereocenters. The molecule has 6 rings (SSSR count). The minimum atomic E-state index is -4.74. The maximum absolute atomic E-state index is 14.0. The molecule has 4 aromatic rings. The number of nitrogens with one attached hydrogen (secondary N) is 2. The number of benzene rings is 2. The summed E-state index contributed by atoms with van der Waals surface area (Å²) in [6.07, 6.45) is 0.422. The highest BCUT2D eigenvalue weighted by Crippen LogP contribution is 2.44. The minimum absolute atomic E-state index is 0.0547. The Morgan fingerprint density at radius 1 is 0.958 bits per heavy atom. The van der Waals surface area contributed by atoms with Crippen LogP contribution in [0, 0.1) is 0 Å². The van der Waals surface area contributed by atoms with Crippen molar-refractivity contribution in [3.8, 4) is 34.1 Å². The molecule has 0 bridgehead atoms. The quantitative estimate of drug-likeness (QED) is 0.154. The molecule has 9 nitrogen and oxygen atoms in total. The molecule has 2 aromatic heterocycles. The Balaban J connectivity index is 1.26. The summed E-state index contributed by atoms with van der Waals surface area (Å²) in [5.74, 6) is 0.176. The summed E-state index contributed by atoms with van der Waals surface area (Å²) in [5.41, 5.74) is 10.3. The number of pyridine rings is 1. The summed E-state index contributed by atoms with van der Waals surface area (Å²) in [5, 5.41) is 6.51. The Morgan fingerprint density at radius 2 is 1.71 bits per heavy atom. The smallest absolute Gasteiger partial charge is 0.437 e. The number of hydrogen-bond donors (Lipinski definition) is 3. The molecule has 1 saturated heterocycles. The van der Waals surface area contributed by atoms with E-state index in [0.29, 0.717) is 35.9 Å². The normalized spacial score (nSPS) is 17.3. The average Bonchev–Trinajstić information content (AvgIpc) is 3.69. The van der Waals surface area contributed by atoms with Crippen molar-refractivity contribution < 1.29 is 27.4 Å². The molecular weight excluding hydrogens is 645 g/mol. The van der Waals surface area contributed by atoms with Crippen LogP contribution in [-0.4, -0.2) is 41.1 Å². The first-order valence-electron chi connectivity index (χ1n) is 15.8. The Bertz CT molecular complexity index is 1840. The van der Waals surface area contributed by atoms with E-state index in [-0.39, 0.29) is 30.1 Å². The molecule has 1 aliphatic heterocycles. The number of aromatic nitrogens is 3. The number of nitrogens with zero attached hydrogens (tertiary/aromatic N) is 3. The second-order valence-electron chi connectivity index (χ2n) is 11.9. The molecular formula is C35H36ClF3N6O3. The lowest BCUT2D eigenvalue weighted by Gasteiger charge is -2.20. The molecule has 0 saturated carbocycles. The van der Waals surface area contributed by atoms with Crippen molar-refractivity contribution in [2.75, 3.05) is 19.5 Å². The van der Waals surface area contributed by atoms with Gasteiger partial charge in [0.1, 0.15) is 5.69 Å². The summed E-state index contributed by atoms with van der Waals surface area (Å²) in [7, 11) is 2.91. The highest BCUT2D eigenvalue weighted by Gasteiger charge is 2.39. The number of carbonyl (C=O) groups is 1. The Hall–Kier alpha value is -4.42. The molecule has 4 N–H and O–H groups in total. The van der Waals surface area contributed by atoms with E-state index < -0.39 is 23.7 Å². The molecule has 48 heavy (non-hydrogen) atoms. The number of ether oxygens (including phenoxy) is 2. The molecule has 0 radical (unpaired) electrons. The number of methoxy groups -OCH3 is 2. The van der Waals surface area contributed by atoms with Crippen molar-refractivity contribution in [1.82, 2.24) is 20.3 Å². The van der Waals surface area contributed by atoms with Gasteiger partial charge in [0.05, 0.1) is 31.0 Å². The van der Waals surface area contributed by atoms with Crippen molar-refractivity contribution in [2.24, 2.45) is 5.73 Å². The largest absolute Gasteiger partial charge is 0.481 e. The molecule has 1 fully saturated rings. The number of carbonyl (C=O) groups excluding carboxylic acids is 1. The molecule has 1 aliphatic carbocycles. The summed E-state index contributed by atoms with van der Waals surface area (Å²) in [4.78, 5) is 24.2. The zero-order chi connectivity index (χ0) is 34.0. The van der Waals surface area contributed by atoms with Crippen LogP contribution in [0.1, 0.15) is 66.2 Å². The lowest BCUT2D eigenvalue weighted by atomic mass is 9.94. The van der Waals surface area contributed by atoms with Crippen LogP contribution in [0.2, 0.25) is 5.02 Å². The fraction of sp³-hybridized carbons (Fsp3) is 0.371. The minimum Gasteiger partial charge on any atom is -0.481 e. The molecule has 1 amide bonds.